The maximum absolute atomic E-state index is 12.3. The van der Waals surface area contributed by atoms with Crippen LogP contribution in [0.1, 0.15) is 46.5 Å². The quantitative estimate of drug-likeness (QED) is 0.600. The molecule has 6 nitrogen and oxygen atoms in total. The molecule has 0 unspecified atom stereocenters. The summed E-state index contributed by atoms with van der Waals surface area (Å²) in [5, 5.41) is 2.88. The van der Waals surface area contributed by atoms with Crippen molar-refractivity contribution in [2.75, 3.05) is 30.3 Å². The molecular formula is C19H32N2O4S. The van der Waals surface area contributed by atoms with Crippen molar-refractivity contribution in [1.29, 1.82) is 0 Å². The van der Waals surface area contributed by atoms with Gasteiger partial charge in [0.2, 0.25) is 15.9 Å². The lowest BCUT2D eigenvalue weighted by molar-refractivity contribution is -0.119. The first-order valence-electron chi connectivity index (χ1n) is 9.29. The van der Waals surface area contributed by atoms with Crippen molar-refractivity contribution in [3.05, 3.63) is 24.3 Å². The third-order valence-corrected chi connectivity index (χ3v) is 5.40. The zero-order valence-corrected chi connectivity index (χ0v) is 17.1. The number of benzene rings is 1. The maximum Gasteiger partial charge on any atom is 0.240 e. The van der Waals surface area contributed by atoms with Crippen molar-refractivity contribution in [1.82, 2.24) is 5.32 Å². The number of carbonyl (C=O) groups is 1. The zero-order chi connectivity index (χ0) is 19.6. The van der Waals surface area contributed by atoms with Gasteiger partial charge in [0, 0.05) is 6.54 Å². The molecule has 7 heteroatoms. The van der Waals surface area contributed by atoms with E-state index in [1.165, 1.54) is 0 Å². The van der Waals surface area contributed by atoms with Gasteiger partial charge in [0.05, 0.1) is 18.6 Å². The lowest BCUT2D eigenvalue weighted by atomic mass is 9.99. The molecule has 0 aliphatic carbocycles. The highest BCUT2D eigenvalue weighted by Gasteiger charge is 2.21. The Hall–Kier alpha value is -1.76. The number of anilines is 1. The number of carbonyl (C=O) groups excluding carboxylic acids is 1. The lowest BCUT2D eigenvalue weighted by Crippen LogP contribution is -2.41. The number of nitrogens with one attached hydrogen (secondary N) is 1. The van der Waals surface area contributed by atoms with Crippen LogP contribution >= 0.6 is 0 Å². The second kappa shape index (κ2) is 11.1. The summed E-state index contributed by atoms with van der Waals surface area (Å²) in [7, 11) is -3.56. The van der Waals surface area contributed by atoms with Gasteiger partial charge >= 0.3 is 0 Å². The van der Waals surface area contributed by atoms with Gasteiger partial charge < -0.3 is 10.1 Å². The number of hydrogen-bond acceptors (Lipinski definition) is 4. The standard InChI is InChI=1S/C19H32N2O4S/c1-5-8-9-16(6-2)14-20-19(22)15-21(26(4,23)24)17-10-12-18(13-11-17)25-7-3/h10-13,16H,5-9,14-15H2,1-4H3,(H,20,22)/t16-/m1/s1. The van der Waals surface area contributed by atoms with Gasteiger partial charge in [-0.25, -0.2) is 8.42 Å². The molecule has 0 spiro atoms. The van der Waals surface area contributed by atoms with Crippen molar-refractivity contribution >= 4 is 21.6 Å². The minimum Gasteiger partial charge on any atom is -0.494 e. The maximum atomic E-state index is 12.3. The van der Waals surface area contributed by atoms with E-state index in [1.807, 2.05) is 6.92 Å². The molecule has 1 atom stereocenters. The molecule has 0 aliphatic heterocycles. The number of sulfonamides is 1. The van der Waals surface area contributed by atoms with Crippen LogP contribution in [0.4, 0.5) is 5.69 Å². The minimum atomic E-state index is -3.56. The molecule has 0 saturated carbocycles. The van der Waals surface area contributed by atoms with Gasteiger partial charge in [-0.15, -0.1) is 0 Å². The van der Waals surface area contributed by atoms with Gasteiger partial charge in [-0.05, 0) is 43.5 Å². The minimum absolute atomic E-state index is 0.225. The van der Waals surface area contributed by atoms with Gasteiger partial charge in [0.15, 0.2) is 0 Å². The Labute approximate surface area is 158 Å². The fraction of sp³-hybridized carbons (Fsp3) is 0.632. The van der Waals surface area contributed by atoms with Crippen LogP contribution in [0.3, 0.4) is 0 Å². The van der Waals surface area contributed by atoms with E-state index in [0.717, 1.165) is 36.2 Å². The summed E-state index contributed by atoms with van der Waals surface area (Å²) in [5.41, 5.74) is 0.448. The molecule has 1 N–H and O–H groups in total. The number of rotatable bonds is 12. The molecule has 0 fully saturated rings. The normalized spacial score (nSPS) is 12.5. The van der Waals surface area contributed by atoms with E-state index in [2.05, 4.69) is 19.2 Å². The third-order valence-electron chi connectivity index (χ3n) is 4.25. The first-order chi connectivity index (χ1) is 12.3. The van der Waals surface area contributed by atoms with E-state index in [0.29, 0.717) is 30.5 Å². The van der Waals surface area contributed by atoms with E-state index in [1.54, 1.807) is 24.3 Å². The second-order valence-electron chi connectivity index (χ2n) is 6.42. The van der Waals surface area contributed by atoms with Gasteiger partial charge in [-0.3, -0.25) is 9.10 Å². The summed E-state index contributed by atoms with van der Waals surface area (Å²) in [6, 6.07) is 6.70. The number of hydrogen-bond donors (Lipinski definition) is 1. The van der Waals surface area contributed by atoms with Crippen molar-refractivity contribution in [3.8, 4) is 5.75 Å². The van der Waals surface area contributed by atoms with Crippen LogP contribution in [-0.4, -0.2) is 40.3 Å². The van der Waals surface area contributed by atoms with Crippen LogP contribution in [-0.2, 0) is 14.8 Å². The fourth-order valence-corrected chi connectivity index (χ4v) is 3.52. The predicted molar refractivity (Wildman–Crippen MR) is 106 cm³/mol. The second-order valence-corrected chi connectivity index (χ2v) is 8.32. The monoisotopic (exact) mass is 384 g/mol. The summed E-state index contributed by atoms with van der Waals surface area (Å²) < 4.78 is 30.7. The summed E-state index contributed by atoms with van der Waals surface area (Å²) in [4.78, 5) is 12.3. The molecule has 1 amide bonds. The van der Waals surface area contributed by atoms with E-state index in [9.17, 15) is 13.2 Å². The Morgan fingerprint density at radius 2 is 1.85 bits per heavy atom. The molecule has 0 bridgehead atoms. The molecule has 0 aliphatic rings. The largest absolute Gasteiger partial charge is 0.494 e. The molecule has 0 radical (unpaired) electrons. The molecule has 26 heavy (non-hydrogen) atoms. The Balaban J connectivity index is 2.74. The summed E-state index contributed by atoms with van der Waals surface area (Å²) >= 11 is 0. The molecule has 0 aromatic heterocycles. The molecule has 0 saturated heterocycles. The van der Waals surface area contributed by atoms with Gasteiger partial charge in [-0.2, -0.15) is 0 Å². The van der Waals surface area contributed by atoms with Crippen LogP contribution < -0.4 is 14.4 Å². The van der Waals surface area contributed by atoms with E-state index < -0.39 is 10.0 Å². The smallest absolute Gasteiger partial charge is 0.240 e. The average molecular weight is 385 g/mol. The first kappa shape index (κ1) is 22.3. The summed E-state index contributed by atoms with van der Waals surface area (Å²) in [5.74, 6) is 0.797. The molecule has 148 valence electrons. The van der Waals surface area contributed by atoms with E-state index in [4.69, 9.17) is 4.74 Å². The molecule has 1 rings (SSSR count). The summed E-state index contributed by atoms with van der Waals surface area (Å²) in [6.45, 7) is 7.02. The van der Waals surface area contributed by atoms with Crippen LogP contribution in [0.15, 0.2) is 24.3 Å². The Morgan fingerprint density at radius 1 is 1.19 bits per heavy atom. The molecular weight excluding hydrogens is 352 g/mol. The molecule has 0 heterocycles. The third kappa shape index (κ3) is 7.64. The van der Waals surface area contributed by atoms with Crippen LogP contribution in [0.2, 0.25) is 0 Å². The molecule has 1 aromatic carbocycles. The number of ether oxygens (including phenoxy) is 1. The van der Waals surface area contributed by atoms with Crippen molar-refractivity contribution in [2.45, 2.75) is 46.5 Å². The van der Waals surface area contributed by atoms with Gasteiger partial charge in [0.1, 0.15) is 12.3 Å². The van der Waals surface area contributed by atoms with Crippen molar-refractivity contribution < 1.29 is 17.9 Å². The van der Waals surface area contributed by atoms with Crippen molar-refractivity contribution in [3.63, 3.8) is 0 Å². The highest BCUT2D eigenvalue weighted by molar-refractivity contribution is 7.92. The lowest BCUT2D eigenvalue weighted by Gasteiger charge is -2.23. The van der Waals surface area contributed by atoms with Gasteiger partial charge in [-0.1, -0.05) is 33.1 Å². The Bertz CT molecular complexity index is 644. The van der Waals surface area contributed by atoms with Crippen LogP contribution in [0.25, 0.3) is 0 Å². The van der Waals surface area contributed by atoms with Crippen LogP contribution in [0, 0.1) is 5.92 Å². The number of unbranched alkanes of at least 4 members (excludes halogenated alkanes) is 1. The topological polar surface area (TPSA) is 75.7 Å². The highest BCUT2D eigenvalue weighted by atomic mass is 32.2. The predicted octanol–water partition coefficient (Wildman–Crippen LogP) is 3.18. The van der Waals surface area contributed by atoms with E-state index in [-0.39, 0.29) is 12.5 Å². The summed E-state index contributed by atoms with van der Waals surface area (Å²) in [6.07, 6.45) is 5.43. The van der Waals surface area contributed by atoms with E-state index >= 15 is 0 Å². The Kier molecular flexibility index (Phi) is 9.48. The number of nitrogens with zero attached hydrogens (tertiary/aromatic N) is 1. The molecule has 1 aromatic rings. The fourth-order valence-electron chi connectivity index (χ4n) is 2.66. The van der Waals surface area contributed by atoms with Gasteiger partial charge in [0.25, 0.3) is 0 Å². The first-order valence-corrected chi connectivity index (χ1v) is 11.1. The SMILES string of the molecule is CCCC[C@@H](CC)CNC(=O)CN(c1ccc(OCC)cc1)S(C)(=O)=O. The van der Waals surface area contributed by atoms with Crippen molar-refractivity contribution in [2.24, 2.45) is 5.92 Å². The zero-order valence-electron chi connectivity index (χ0n) is 16.3. The Morgan fingerprint density at radius 3 is 2.35 bits per heavy atom. The highest BCUT2D eigenvalue weighted by Crippen LogP contribution is 2.21. The van der Waals surface area contributed by atoms with Crippen LogP contribution in [0.5, 0.6) is 5.75 Å². The average Bonchev–Trinajstić information content (AvgIpc) is 2.60. The number of amides is 1.